The molecule has 5 heteroatoms. The highest BCUT2D eigenvalue weighted by Gasteiger charge is 2.47. The van der Waals surface area contributed by atoms with Gasteiger partial charge in [-0.15, -0.1) is 11.8 Å². The molecule has 1 unspecified atom stereocenters. The van der Waals surface area contributed by atoms with E-state index in [-0.39, 0.29) is 17.7 Å². The second-order valence-corrected chi connectivity index (χ2v) is 6.44. The molecule has 15 heavy (non-hydrogen) atoms. The number of hydrogen-bond donors (Lipinski definition) is 1. The van der Waals surface area contributed by atoms with Crippen LogP contribution in [0.25, 0.3) is 0 Å². The highest BCUT2D eigenvalue weighted by atomic mass is 32.2. The molecule has 0 bridgehead atoms. The number of alkyl halides is 3. The molecule has 88 valence electrons. The summed E-state index contributed by atoms with van der Waals surface area (Å²) in [4.78, 5) is -0.0405. The highest BCUT2D eigenvalue weighted by Crippen LogP contribution is 2.48. The van der Waals surface area contributed by atoms with Gasteiger partial charge < -0.3 is 5.32 Å². The van der Waals surface area contributed by atoms with E-state index in [1.165, 1.54) is 0 Å². The van der Waals surface area contributed by atoms with Gasteiger partial charge in [-0.25, -0.2) is 0 Å². The summed E-state index contributed by atoms with van der Waals surface area (Å²) >= 11 is 1.82. The van der Waals surface area contributed by atoms with Gasteiger partial charge in [0.2, 0.25) is 0 Å². The molecule has 1 spiro atoms. The number of thioether (sulfide) groups is 1. The Labute approximate surface area is 92.2 Å². The van der Waals surface area contributed by atoms with E-state index in [9.17, 15) is 13.2 Å². The Bertz CT molecular complexity index is 233. The normalized spacial score (nSPS) is 42.4. The maximum atomic E-state index is 12.5. The number of nitrogens with one attached hydrogen (secondary N) is 1. The van der Waals surface area contributed by atoms with E-state index in [1.807, 2.05) is 11.8 Å². The van der Waals surface area contributed by atoms with Gasteiger partial charge in [-0.2, -0.15) is 13.2 Å². The Morgan fingerprint density at radius 1 is 1.27 bits per heavy atom. The largest absolute Gasteiger partial charge is 0.391 e. The van der Waals surface area contributed by atoms with Crippen molar-refractivity contribution in [1.82, 2.24) is 5.32 Å². The van der Waals surface area contributed by atoms with Gasteiger partial charge in [-0.05, 0) is 25.7 Å². The quantitative estimate of drug-likeness (QED) is 0.697. The first kappa shape index (κ1) is 11.6. The van der Waals surface area contributed by atoms with Crippen LogP contribution in [0.3, 0.4) is 0 Å². The fourth-order valence-corrected chi connectivity index (χ4v) is 4.08. The molecule has 1 aliphatic heterocycles. The minimum Gasteiger partial charge on any atom is -0.302 e. The van der Waals surface area contributed by atoms with E-state index in [1.54, 1.807) is 0 Å². The van der Waals surface area contributed by atoms with Crippen molar-refractivity contribution in [3.63, 3.8) is 0 Å². The minimum atomic E-state index is -3.99. The third kappa shape index (κ3) is 2.44. The molecule has 1 N–H and O–H groups in total. The van der Waals surface area contributed by atoms with Gasteiger partial charge in [0.25, 0.3) is 0 Å². The summed E-state index contributed by atoms with van der Waals surface area (Å²) in [6.07, 6.45) is -2.10. The number of rotatable bonds is 0. The third-order valence-electron chi connectivity index (χ3n) is 3.39. The Hall–Kier alpha value is 0.100. The third-order valence-corrected chi connectivity index (χ3v) is 4.97. The lowest BCUT2D eigenvalue weighted by molar-refractivity contribution is -0.183. The SMILES string of the molecule is CC1CNC2(CCC(C(F)(F)F)CC2)S1. The Balaban J connectivity index is 1.92. The number of hydrogen-bond acceptors (Lipinski definition) is 2. The average Bonchev–Trinajstić information content (AvgIpc) is 2.47. The topological polar surface area (TPSA) is 12.0 Å². The first-order valence-electron chi connectivity index (χ1n) is 5.41. The van der Waals surface area contributed by atoms with Crippen molar-refractivity contribution in [2.45, 2.75) is 48.9 Å². The molecule has 1 heterocycles. The second-order valence-electron chi connectivity index (χ2n) is 4.62. The highest BCUT2D eigenvalue weighted by molar-refractivity contribution is 8.01. The van der Waals surface area contributed by atoms with E-state index in [0.717, 1.165) is 6.54 Å². The predicted octanol–water partition coefficient (Wildman–Crippen LogP) is 3.16. The Morgan fingerprint density at radius 2 is 1.87 bits per heavy atom. The van der Waals surface area contributed by atoms with Crippen LogP contribution in [0.5, 0.6) is 0 Å². The molecule has 2 aliphatic rings. The van der Waals surface area contributed by atoms with Crippen LogP contribution >= 0.6 is 11.8 Å². The van der Waals surface area contributed by atoms with Crippen molar-refractivity contribution in [2.24, 2.45) is 5.92 Å². The van der Waals surface area contributed by atoms with Crippen LogP contribution in [0.4, 0.5) is 13.2 Å². The molecule has 1 atom stereocenters. The summed E-state index contributed by atoms with van der Waals surface area (Å²) in [5, 5.41) is 3.92. The summed E-state index contributed by atoms with van der Waals surface area (Å²) < 4.78 is 37.4. The zero-order valence-corrected chi connectivity index (χ0v) is 9.55. The van der Waals surface area contributed by atoms with E-state index in [4.69, 9.17) is 0 Å². The molecule has 0 radical (unpaired) electrons. The van der Waals surface area contributed by atoms with Gasteiger partial charge in [-0.3, -0.25) is 0 Å². The zero-order valence-electron chi connectivity index (χ0n) is 8.73. The lowest BCUT2D eigenvalue weighted by Crippen LogP contribution is -2.43. The fraction of sp³-hybridized carbons (Fsp3) is 1.00. The Morgan fingerprint density at radius 3 is 2.27 bits per heavy atom. The van der Waals surface area contributed by atoms with Gasteiger partial charge >= 0.3 is 6.18 Å². The molecule has 0 aromatic rings. The molecule has 0 amide bonds. The van der Waals surface area contributed by atoms with Crippen molar-refractivity contribution in [1.29, 1.82) is 0 Å². The first-order chi connectivity index (χ1) is 6.91. The molecule has 2 rings (SSSR count). The lowest BCUT2D eigenvalue weighted by atomic mass is 9.85. The zero-order chi connectivity index (χ0) is 11.1. The predicted molar refractivity (Wildman–Crippen MR) is 55.8 cm³/mol. The smallest absolute Gasteiger partial charge is 0.302 e. The average molecular weight is 239 g/mol. The maximum Gasteiger partial charge on any atom is 0.391 e. The van der Waals surface area contributed by atoms with E-state index in [0.29, 0.717) is 18.1 Å². The van der Waals surface area contributed by atoms with Crippen LogP contribution in [-0.2, 0) is 0 Å². The molecule has 0 aromatic heterocycles. The standard InChI is InChI=1S/C10H16F3NS/c1-7-6-14-9(15-7)4-2-8(3-5-9)10(11,12)13/h7-8,14H,2-6H2,1H3. The van der Waals surface area contributed by atoms with Crippen molar-refractivity contribution in [3.8, 4) is 0 Å². The molecule has 0 aromatic carbocycles. The van der Waals surface area contributed by atoms with Gasteiger partial charge in [0.1, 0.15) is 0 Å². The first-order valence-corrected chi connectivity index (χ1v) is 6.29. The molecule has 1 nitrogen and oxygen atoms in total. The summed E-state index contributed by atoms with van der Waals surface area (Å²) in [5.41, 5.74) is 0. The molecule has 1 saturated carbocycles. The summed E-state index contributed by atoms with van der Waals surface area (Å²) in [6, 6.07) is 0. The lowest BCUT2D eigenvalue weighted by Gasteiger charge is -2.37. The van der Waals surface area contributed by atoms with Gasteiger partial charge in [0.15, 0.2) is 0 Å². The molecular formula is C10H16F3NS. The van der Waals surface area contributed by atoms with Crippen LogP contribution in [0.1, 0.15) is 32.6 Å². The van der Waals surface area contributed by atoms with Crippen LogP contribution < -0.4 is 5.32 Å². The van der Waals surface area contributed by atoms with E-state index < -0.39 is 12.1 Å². The van der Waals surface area contributed by atoms with Crippen LogP contribution in [0.2, 0.25) is 0 Å². The van der Waals surface area contributed by atoms with Crippen LogP contribution in [-0.4, -0.2) is 22.8 Å². The molecular weight excluding hydrogens is 223 g/mol. The monoisotopic (exact) mass is 239 g/mol. The van der Waals surface area contributed by atoms with Crippen molar-refractivity contribution >= 4 is 11.8 Å². The molecule has 2 fully saturated rings. The summed E-state index contributed by atoms with van der Waals surface area (Å²) in [5.74, 6) is -1.07. The van der Waals surface area contributed by atoms with Crippen LogP contribution in [0, 0.1) is 5.92 Å². The minimum absolute atomic E-state index is 0.0405. The fourth-order valence-electron chi connectivity index (χ4n) is 2.50. The van der Waals surface area contributed by atoms with Gasteiger partial charge in [-0.1, -0.05) is 6.92 Å². The number of halogens is 3. The summed E-state index contributed by atoms with van der Waals surface area (Å²) in [7, 11) is 0. The van der Waals surface area contributed by atoms with Crippen molar-refractivity contribution < 1.29 is 13.2 Å². The van der Waals surface area contributed by atoms with Crippen LogP contribution in [0.15, 0.2) is 0 Å². The van der Waals surface area contributed by atoms with Crippen molar-refractivity contribution in [3.05, 3.63) is 0 Å². The molecule has 1 saturated heterocycles. The maximum absolute atomic E-state index is 12.5. The van der Waals surface area contributed by atoms with E-state index in [2.05, 4.69) is 12.2 Å². The van der Waals surface area contributed by atoms with Crippen molar-refractivity contribution in [2.75, 3.05) is 6.54 Å². The Kier molecular flexibility index (Phi) is 2.97. The summed E-state index contributed by atoms with van der Waals surface area (Å²) in [6.45, 7) is 3.06. The van der Waals surface area contributed by atoms with Gasteiger partial charge in [0.05, 0.1) is 10.8 Å². The van der Waals surface area contributed by atoms with E-state index >= 15 is 0 Å². The molecule has 1 aliphatic carbocycles. The van der Waals surface area contributed by atoms with Gasteiger partial charge in [0, 0.05) is 11.8 Å². The second kappa shape index (κ2) is 3.84.